The third-order valence-corrected chi connectivity index (χ3v) is 5.94. The van der Waals surface area contributed by atoms with Crippen molar-refractivity contribution in [3.63, 3.8) is 0 Å². The number of sulfonamides is 1. The molecule has 2 heterocycles. The molecule has 0 saturated heterocycles. The highest BCUT2D eigenvalue weighted by molar-refractivity contribution is 7.89. The van der Waals surface area contributed by atoms with Gasteiger partial charge < -0.3 is 5.32 Å². The molecule has 0 radical (unpaired) electrons. The van der Waals surface area contributed by atoms with Gasteiger partial charge in [0.05, 0.1) is 11.4 Å². The summed E-state index contributed by atoms with van der Waals surface area (Å²) in [6.45, 7) is 2.54. The second kappa shape index (κ2) is 8.29. The Morgan fingerprint density at radius 3 is 2.78 bits per heavy atom. The average molecular weight is 406 g/mol. The van der Waals surface area contributed by atoms with Crippen LogP contribution in [0.15, 0.2) is 36.5 Å². The molecule has 0 fully saturated rings. The van der Waals surface area contributed by atoms with Gasteiger partial charge in [-0.1, -0.05) is 36.7 Å². The van der Waals surface area contributed by atoms with Crippen molar-refractivity contribution >= 4 is 46.4 Å². The number of nitrogens with zero attached hydrogens (tertiary/aromatic N) is 3. The van der Waals surface area contributed by atoms with Gasteiger partial charge in [-0.3, -0.25) is 0 Å². The summed E-state index contributed by atoms with van der Waals surface area (Å²) in [5.74, 6) is 0.847. The van der Waals surface area contributed by atoms with Gasteiger partial charge in [-0.05, 0) is 17.9 Å². The summed E-state index contributed by atoms with van der Waals surface area (Å²) in [7, 11) is -1.28. The summed E-state index contributed by atoms with van der Waals surface area (Å²) in [6, 6.07) is 9.38. The minimum atomic E-state index is -3.22. The fraction of sp³-hybridized carbons (Fsp3) is 0.294. The zero-order valence-corrected chi connectivity index (χ0v) is 16.8. The van der Waals surface area contributed by atoms with Crippen LogP contribution in [-0.2, 0) is 10.0 Å². The van der Waals surface area contributed by atoms with Gasteiger partial charge >= 0.3 is 0 Å². The summed E-state index contributed by atoms with van der Waals surface area (Å²) in [6.07, 6.45) is 2.33. The number of anilines is 1. The van der Waals surface area contributed by atoms with Crippen molar-refractivity contribution in [1.29, 1.82) is 0 Å². The minimum Gasteiger partial charge on any atom is -0.369 e. The molecule has 0 atom stereocenters. The number of halogens is 1. The van der Waals surface area contributed by atoms with E-state index in [2.05, 4.69) is 20.1 Å². The molecule has 10 heteroatoms. The molecule has 0 amide bonds. The van der Waals surface area contributed by atoms with Crippen molar-refractivity contribution in [2.75, 3.05) is 24.2 Å². The van der Waals surface area contributed by atoms with Gasteiger partial charge in [-0.2, -0.15) is 9.61 Å². The molecule has 3 rings (SSSR count). The highest BCUT2D eigenvalue weighted by atomic mass is 35.5. The Bertz CT molecular complexity index is 1050. The van der Waals surface area contributed by atoms with E-state index in [0.29, 0.717) is 18.0 Å². The Morgan fingerprint density at radius 2 is 2.04 bits per heavy atom. The molecular weight excluding hydrogens is 385 g/mol. The number of hydrogen-bond acceptors (Lipinski definition) is 5. The fourth-order valence-corrected chi connectivity index (χ4v) is 4.07. The van der Waals surface area contributed by atoms with Crippen molar-refractivity contribution in [3.05, 3.63) is 41.6 Å². The minimum absolute atomic E-state index is 0.126. The van der Waals surface area contributed by atoms with Crippen LogP contribution in [0.1, 0.15) is 13.3 Å². The number of nitrogens with one attached hydrogen (secondary N) is 2. The third kappa shape index (κ3) is 4.61. The zero-order chi connectivity index (χ0) is 19.4. The second-order valence-electron chi connectivity index (χ2n) is 6.21. The Labute approximate surface area is 164 Å². The van der Waals surface area contributed by atoms with E-state index in [0.717, 1.165) is 28.2 Å². The first-order valence-electron chi connectivity index (χ1n) is 8.73. The molecule has 0 bridgehead atoms. The van der Waals surface area contributed by atoms with Crippen LogP contribution in [-0.4, -0.2) is 49.7 Å². The molecule has 0 unspecified atom stereocenters. The molecule has 0 aliphatic rings. The maximum absolute atomic E-state index is 11.8. The summed E-state index contributed by atoms with van der Waals surface area (Å²) < 4.78 is 27.8. The van der Waals surface area contributed by atoms with Crippen LogP contribution in [0.4, 0.5) is 5.82 Å². The fourth-order valence-electron chi connectivity index (χ4n) is 2.74. The van der Waals surface area contributed by atoms with Crippen LogP contribution in [0.5, 0.6) is 0 Å². The lowest BCUT2D eigenvalue weighted by atomic mass is 10.0. The molecule has 1 aromatic carbocycles. The van der Waals surface area contributed by atoms with Gasteiger partial charge in [-0.25, -0.2) is 18.1 Å². The van der Waals surface area contributed by atoms with Crippen LogP contribution < -0.4 is 15.5 Å². The SMILES string of the molecule is Bc1cnn2c(NCCNS(=O)(=O)CCC)cc(-c3ccccc3Cl)nc12. The van der Waals surface area contributed by atoms with E-state index in [1.165, 1.54) is 0 Å². The molecule has 2 aromatic heterocycles. The molecule has 0 saturated carbocycles. The van der Waals surface area contributed by atoms with E-state index in [4.69, 9.17) is 11.6 Å². The topological polar surface area (TPSA) is 88.4 Å². The van der Waals surface area contributed by atoms with Crippen molar-refractivity contribution in [2.45, 2.75) is 13.3 Å². The molecular formula is C17H21BClN5O2S. The maximum Gasteiger partial charge on any atom is 0.211 e. The number of hydrogen-bond donors (Lipinski definition) is 2. The molecule has 0 aliphatic carbocycles. The maximum atomic E-state index is 11.8. The van der Waals surface area contributed by atoms with E-state index in [1.807, 2.05) is 45.1 Å². The van der Waals surface area contributed by atoms with Gasteiger partial charge in [0.25, 0.3) is 0 Å². The van der Waals surface area contributed by atoms with Crippen molar-refractivity contribution < 1.29 is 8.42 Å². The van der Waals surface area contributed by atoms with E-state index in [9.17, 15) is 8.42 Å². The van der Waals surface area contributed by atoms with Gasteiger partial charge in [-0.15, -0.1) is 0 Å². The zero-order valence-electron chi connectivity index (χ0n) is 15.2. The van der Waals surface area contributed by atoms with E-state index < -0.39 is 10.0 Å². The first-order valence-corrected chi connectivity index (χ1v) is 10.8. The first kappa shape index (κ1) is 19.7. The average Bonchev–Trinajstić information content (AvgIpc) is 3.00. The monoisotopic (exact) mass is 405 g/mol. The third-order valence-electron chi connectivity index (χ3n) is 4.02. The Hall–Kier alpha value is -2.10. The Kier molecular flexibility index (Phi) is 6.03. The highest BCUT2D eigenvalue weighted by Gasteiger charge is 2.13. The smallest absolute Gasteiger partial charge is 0.211 e. The highest BCUT2D eigenvalue weighted by Crippen LogP contribution is 2.28. The van der Waals surface area contributed by atoms with Gasteiger partial charge in [0.2, 0.25) is 10.0 Å². The molecule has 7 nitrogen and oxygen atoms in total. The predicted octanol–water partition coefficient (Wildman–Crippen LogP) is 1.05. The summed E-state index contributed by atoms with van der Waals surface area (Å²) in [5.41, 5.74) is 3.22. The standard InChI is InChI=1S/C17H21BClN5O2S/c1-2-9-27(25,26)22-8-7-20-16-10-15(12-5-3-4-6-14(12)19)23-17-13(18)11-21-24(16)17/h3-6,10-11,20,22H,2,7-9,18H2,1H3. The van der Waals surface area contributed by atoms with Crippen LogP contribution in [0.2, 0.25) is 5.02 Å². The van der Waals surface area contributed by atoms with Crippen LogP contribution in [0.25, 0.3) is 16.9 Å². The van der Waals surface area contributed by atoms with Crippen LogP contribution in [0, 0.1) is 0 Å². The van der Waals surface area contributed by atoms with Crippen molar-refractivity contribution in [1.82, 2.24) is 19.3 Å². The van der Waals surface area contributed by atoms with Crippen molar-refractivity contribution in [2.24, 2.45) is 0 Å². The van der Waals surface area contributed by atoms with E-state index in [-0.39, 0.29) is 12.3 Å². The molecule has 0 spiro atoms. The first-order chi connectivity index (χ1) is 12.9. The lowest BCUT2D eigenvalue weighted by Gasteiger charge is -2.12. The normalized spacial score (nSPS) is 11.8. The molecule has 2 N–H and O–H groups in total. The van der Waals surface area contributed by atoms with Crippen LogP contribution in [0.3, 0.4) is 0 Å². The second-order valence-corrected chi connectivity index (χ2v) is 8.54. The van der Waals surface area contributed by atoms with Gasteiger partial charge in [0, 0.05) is 35.9 Å². The molecule has 27 heavy (non-hydrogen) atoms. The molecule has 3 aromatic rings. The lowest BCUT2D eigenvalue weighted by Crippen LogP contribution is -2.31. The number of aromatic nitrogens is 3. The van der Waals surface area contributed by atoms with Gasteiger partial charge in [0.15, 0.2) is 5.65 Å². The summed E-state index contributed by atoms with van der Waals surface area (Å²) in [5, 5.41) is 8.20. The Balaban J connectivity index is 1.85. The number of benzene rings is 1. The predicted molar refractivity (Wildman–Crippen MR) is 112 cm³/mol. The van der Waals surface area contributed by atoms with Crippen LogP contribution >= 0.6 is 11.6 Å². The van der Waals surface area contributed by atoms with Crippen molar-refractivity contribution in [3.8, 4) is 11.3 Å². The summed E-state index contributed by atoms with van der Waals surface area (Å²) >= 11 is 6.32. The Morgan fingerprint density at radius 1 is 1.26 bits per heavy atom. The number of rotatable bonds is 8. The molecule has 0 aliphatic heterocycles. The quantitative estimate of drug-likeness (QED) is 0.432. The van der Waals surface area contributed by atoms with Gasteiger partial charge in [0.1, 0.15) is 13.7 Å². The molecule has 142 valence electrons. The number of fused-ring (bicyclic) bond motifs is 1. The lowest BCUT2D eigenvalue weighted by molar-refractivity contribution is 0.581. The van der Waals surface area contributed by atoms with E-state index >= 15 is 0 Å². The largest absolute Gasteiger partial charge is 0.369 e. The summed E-state index contributed by atoms with van der Waals surface area (Å²) in [4.78, 5) is 4.68. The van der Waals surface area contributed by atoms with E-state index in [1.54, 1.807) is 10.7 Å².